The fraction of sp³-hybridized carbons (Fsp3) is 0.909. The summed E-state index contributed by atoms with van der Waals surface area (Å²) in [6.07, 6.45) is 6.25. The number of hydrogen-bond donors (Lipinski definition) is 1. The van der Waals surface area contributed by atoms with E-state index in [1.54, 1.807) is 0 Å². The Balaban J connectivity index is 0.000000750. The van der Waals surface area contributed by atoms with Crippen LogP contribution in [0.4, 0.5) is 0 Å². The van der Waals surface area contributed by atoms with Crippen LogP contribution in [0.15, 0.2) is 0 Å². The third-order valence-corrected chi connectivity index (χ3v) is 4.51. The minimum atomic E-state index is -0.520. The first-order valence-electron chi connectivity index (χ1n) is 5.47. The zero-order valence-electron chi connectivity index (χ0n) is 8.09. The maximum atomic E-state index is 11.1. The van der Waals surface area contributed by atoms with Crippen LogP contribution >= 0.6 is 0 Å². The van der Waals surface area contributed by atoms with E-state index in [1.165, 1.54) is 32.1 Å². The van der Waals surface area contributed by atoms with Gasteiger partial charge in [0.25, 0.3) is 0 Å². The van der Waals surface area contributed by atoms with E-state index in [0.717, 1.165) is 11.8 Å². The molecule has 0 spiro atoms. The molecular formula is C11H16O2Pd. The fourth-order valence-electron chi connectivity index (χ4n) is 4.33. The van der Waals surface area contributed by atoms with Crippen molar-refractivity contribution >= 4 is 5.97 Å². The minimum Gasteiger partial charge on any atom is -0.481 e. The van der Waals surface area contributed by atoms with Gasteiger partial charge in [0.2, 0.25) is 0 Å². The Kier molecular flexibility index (Phi) is 2.75. The van der Waals surface area contributed by atoms with Gasteiger partial charge in [0, 0.05) is 20.4 Å². The van der Waals surface area contributed by atoms with Gasteiger partial charge in [-0.15, -0.1) is 0 Å². The van der Waals surface area contributed by atoms with E-state index in [4.69, 9.17) is 5.11 Å². The van der Waals surface area contributed by atoms with E-state index < -0.39 is 5.97 Å². The van der Waals surface area contributed by atoms with Crippen molar-refractivity contribution < 1.29 is 30.3 Å². The summed E-state index contributed by atoms with van der Waals surface area (Å²) in [5.74, 6) is 2.35. The standard InChI is InChI=1S/C11H16O2.Pd/c12-11(13)10-8-2-6-1-7(4-8)5-9(10)3-6;/h6-10H,1-5H2,(H,12,13);. The second-order valence-electron chi connectivity index (χ2n) is 5.29. The zero-order valence-corrected chi connectivity index (χ0v) is 9.65. The smallest absolute Gasteiger partial charge is 0.307 e. The topological polar surface area (TPSA) is 37.3 Å². The number of hydrogen-bond acceptors (Lipinski definition) is 1. The molecule has 0 heterocycles. The summed E-state index contributed by atoms with van der Waals surface area (Å²) in [5, 5.41) is 9.15. The van der Waals surface area contributed by atoms with Crippen molar-refractivity contribution in [2.75, 3.05) is 0 Å². The van der Waals surface area contributed by atoms with Gasteiger partial charge >= 0.3 is 5.97 Å². The van der Waals surface area contributed by atoms with Crippen LogP contribution in [-0.4, -0.2) is 11.1 Å². The average Bonchev–Trinajstić information content (AvgIpc) is 2.00. The second-order valence-corrected chi connectivity index (χ2v) is 5.29. The molecule has 3 heteroatoms. The third kappa shape index (κ3) is 1.46. The number of carbonyl (C=O) groups is 1. The van der Waals surface area contributed by atoms with Crippen molar-refractivity contribution in [3.05, 3.63) is 0 Å². The third-order valence-electron chi connectivity index (χ3n) is 4.51. The molecule has 0 amide bonds. The molecular weight excluding hydrogens is 271 g/mol. The Hall–Kier alpha value is 0.132. The van der Waals surface area contributed by atoms with Gasteiger partial charge in [0.15, 0.2) is 0 Å². The van der Waals surface area contributed by atoms with Crippen LogP contribution < -0.4 is 0 Å². The molecule has 4 fully saturated rings. The van der Waals surface area contributed by atoms with Crippen LogP contribution in [0, 0.1) is 29.6 Å². The Morgan fingerprint density at radius 1 is 0.929 bits per heavy atom. The molecule has 14 heavy (non-hydrogen) atoms. The van der Waals surface area contributed by atoms with Crippen molar-refractivity contribution in [2.45, 2.75) is 32.1 Å². The molecule has 4 bridgehead atoms. The SMILES string of the molecule is O=C(O)C1C2CC3CC(C2)CC1C3.[Pd]. The summed E-state index contributed by atoms with van der Waals surface area (Å²) in [7, 11) is 0. The number of carboxylic acid groups (broad SMARTS) is 1. The first-order valence-corrected chi connectivity index (χ1v) is 5.47. The molecule has 0 saturated heterocycles. The monoisotopic (exact) mass is 286 g/mol. The first-order chi connectivity index (χ1) is 6.24. The molecule has 0 atom stereocenters. The second kappa shape index (κ2) is 3.61. The summed E-state index contributed by atoms with van der Waals surface area (Å²) < 4.78 is 0. The zero-order chi connectivity index (χ0) is 9.00. The van der Waals surface area contributed by atoms with Crippen molar-refractivity contribution in [1.29, 1.82) is 0 Å². The summed E-state index contributed by atoms with van der Waals surface area (Å²) in [5.41, 5.74) is 0. The van der Waals surface area contributed by atoms with E-state index in [1.807, 2.05) is 0 Å². The molecule has 1 N–H and O–H groups in total. The van der Waals surface area contributed by atoms with E-state index in [2.05, 4.69) is 0 Å². The quantitative estimate of drug-likeness (QED) is 0.750. The van der Waals surface area contributed by atoms with Crippen LogP contribution in [0.1, 0.15) is 32.1 Å². The average molecular weight is 287 g/mol. The molecule has 4 aliphatic rings. The van der Waals surface area contributed by atoms with Gasteiger partial charge in [-0.25, -0.2) is 0 Å². The normalized spacial score (nSPS) is 48.7. The Morgan fingerprint density at radius 2 is 1.36 bits per heavy atom. The first kappa shape index (κ1) is 10.6. The van der Waals surface area contributed by atoms with Crippen LogP contribution in [0.2, 0.25) is 0 Å². The predicted octanol–water partition coefficient (Wildman–Crippen LogP) is 2.14. The van der Waals surface area contributed by atoms with Gasteiger partial charge in [-0.05, 0) is 55.8 Å². The van der Waals surface area contributed by atoms with E-state index in [9.17, 15) is 4.79 Å². The Labute approximate surface area is 98.1 Å². The number of aliphatic carboxylic acids is 1. The van der Waals surface area contributed by atoms with E-state index in [0.29, 0.717) is 11.8 Å². The van der Waals surface area contributed by atoms with E-state index in [-0.39, 0.29) is 26.3 Å². The molecule has 2 nitrogen and oxygen atoms in total. The van der Waals surface area contributed by atoms with Gasteiger partial charge in [-0.1, -0.05) is 0 Å². The van der Waals surface area contributed by atoms with Crippen molar-refractivity contribution in [2.24, 2.45) is 29.6 Å². The number of rotatable bonds is 1. The van der Waals surface area contributed by atoms with Crippen molar-refractivity contribution in [1.82, 2.24) is 0 Å². The van der Waals surface area contributed by atoms with Crippen LogP contribution in [0.3, 0.4) is 0 Å². The molecule has 0 radical (unpaired) electrons. The molecule has 4 aliphatic carbocycles. The van der Waals surface area contributed by atoms with E-state index >= 15 is 0 Å². The van der Waals surface area contributed by atoms with Crippen LogP contribution in [-0.2, 0) is 25.2 Å². The summed E-state index contributed by atoms with van der Waals surface area (Å²) in [6, 6.07) is 0. The van der Waals surface area contributed by atoms with Crippen LogP contribution in [0.25, 0.3) is 0 Å². The van der Waals surface area contributed by atoms with Gasteiger partial charge in [0.1, 0.15) is 0 Å². The predicted molar refractivity (Wildman–Crippen MR) is 48.2 cm³/mol. The minimum absolute atomic E-state index is 0. The molecule has 0 aromatic rings. The van der Waals surface area contributed by atoms with Crippen molar-refractivity contribution in [3.8, 4) is 0 Å². The Bertz CT molecular complexity index is 224. The summed E-state index contributed by atoms with van der Waals surface area (Å²) in [6.45, 7) is 0. The van der Waals surface area contributed by atoms with Crippen molar-refractivity contribution in [3.63, 3.8) is 0 Å². The fourth-order valence-corrected chi connectivity index (χ4v) is 4.33. The van der Waals surface area contributed by atoms with Gasteiger partial charge in [-0.3, -0.25) is 4.79 Å². The number of carboxylic acids is 1. The maximum absolute atomic E-state index is 11.1. The van der Waals surface area contributed by atoms with Gasteiger partial charge in [-0.2, -0.15) is 0 Å². The van der Waals surface area contributed by atoms with Gasteiger partial charge in [0.05, 0.1) is 5.92 Å². The van der Waals surface area contributed by atoms with Crippen LogP contribution in [0.5, 0.6) is 0 Å². The summed E-state index contributed by atoms with van der Waals surface area (Å²) in [4.78, 5) is 11.1. The largest absolute Gasteiger partial charge is 0.481 e. The molecule has 0 unspecified atom stereocenters. The molecule has 0 aromatic heterocycles. The van der Waals surface area contributed by atoms with Gasteiger partial charge < -0.3 is 5.11 Å². The maximum Gasteiger partial charge on any atom is 0.307 e. The summed E-state index contributed by atoms with van der Waals surface area (Å²) >= 11 is 0. The molecule has 0 aromatic carbocycles. The molecule has 82 valence electrons. The Morgan fingerprint density at radius 3 is 1.71 bits per heavy atom. The molecule has 4 rings (SSSR count). The molecule has 0 aliphatic heterocycles. The molecule has 4 saturated carbocycles.